The van der Waals surface area contributed by atoms with Crippen LogP contribution in [0.2, 0.25) is 0 Å². The van der Waals surface area contributed by atoms with E-state index in [1.54, 1.807) is 0 Å². The van der Waals surface area contributed by atoms with Gasteiger partial charge in [-0.1, -0.05) is 19.9 Å². The summed E-state index contributed by atoms with van der Waals surface area (Å²) < 4.78 is 0. The summed E-state index contributed by atoms with van der Waals surface area (Å²) in [5.74, 6) is 0.755. The molecule has 0 saturated carbocycles. The second-order valence-corrected chi connectivity index (χ2v) is 6.14. The Bertz CT molecular complexity index is 401. The zero-order valence-electron chi connectivity index (χ0n) is 12.7. The molecule has 1 unspecified atom stereocenters. The van der Waals surface area contributed by atoms with E-state index in [9.17, 15) is 0 Å². The van der Waals surface area contributed by atoms with E-state index in [1.165, 1.54) is 17.8 Å². The first-order chi connectivity index (χ1) is 9.06. The van der Waals surface area contributed by atoms with Gasteiger partial charge in [0.1, 0.15) is 0 Å². The fraction of sp³-hybridized carbons (Fsp3) is 0.625. The maximum absolute atomic E-state index is 3.64. The lowest BCUT2D eigenvalue weighted by Crippen LogP contribution is -2.51. The summed E-state index contributed by atoms with van der Waals surface area (Å²) in [5.41, 5.74) is 2.62. The quantitative estimate of drug-likeness (QED) is 0.898. The molecule has 1 N–H and O–H groups in total. The third-order valence-electron chi connectivity index (χ3n) is 3.72. The molecular weight excluding hydrogens is 234 g/mol. The van der Waals surface area contributed by atoms with Crippen molar-refractivity contribution in [3.8, 4) is 0 Å². The normalized spacial score (nSPS) is 19.8. The number of piperazine rings is 1. The van der Waals surface area contributed by atoms with Gasteiger partial charge in [-0.25, -0.2) is 0 Å². The monoisotopic (exact) mass is 261 g/mol. The van der Waals surface area contributed by atoms with Crippen molar-refractivity contribution in [3.05, 3.63) is 24.3 Å². The second kappa shape index (κ2) is 6.29. The van der Waals surface area contributed by atoms with Gasteiger partial charge in [-0.2, -0.15) is 0 Å². The molecule has 0 amide bonds. The van der Waals surface area contributed by atoms with Crippen LogP contribution in [-0.4, -0.2) is 39.8 Å². The molecule has 0 aromatic heterocycles. The van der Waals surface area contributed by atoms with Gasteiger partial charge in [-0.05, 0) is 30.5 Å². The predicted octanol–water partition coefficient (Wildman–Crippen LogP) is 2.58. The van der Waals surface area contributed by atoms with Crippen molar-refractivity contribution in [3.63, 3.8) is 0 Å². The summed E-state index contributed by atoms with van der Waals surface area (Å²) in [6, 6.07) is 9.46. The standard InChI is InChI=1S/C16H27N3/c1-13(2)10-14-12-19(9-8-17-14)16-7-5-6-15(11-16)18(3)4/h5-7,11,13-14,17H,8-10,12H2,1-4H3. The highest BCUT2D eigenvalue weighted by Crippen LogP contribution is 2.23. The molecule has 1 fully saturated rings. The average molecular weight is 261 g/mol. The smallest absolute Gasteiger partial charge is 0.0387 e. The van der Waals surface area contributed by atoms with Crippen molar-refractivity contribution in [2.24, 2.45) is 5.92 Å². The molecule has 0 aliphatic carbocycles. The Kier molecular flexibility index (Phi) is 4.70. The van der Waals surface area contributed by atoms with Gasteiger partial charge >= 0.3 is 0 Å². The largest absolute Gasteiger partial charge is 0.378 e. The van der Waals surface area contributed by atoms with E-state index in [1.807, 2.05) is 0 Å². The van der Waals surface area contributed by atoms with Crippen LogP contribution in [-0.2, 0) is 0 Å². The number of rotatable bonds is 4. The van der Waals surface area contributed by atoms with Crippen molar-refractivity contribution in [2.45, 2.75) is 26.3 Å². The van der Waals surface area contributed by atoms with Crippen LogP contribution in [0.4, 0.5) is 11.4 Å². The number of hydrogen-bond donors (Lipinski definition) is 1. The number of nitrogens with zero attached hydrogens (tertiary/aromatic N) is 2. The minimum Gasteiger partial charge on any atom is -0.378 e. The van der Waals surface area contributed by atoms with E-state index in [2.05, 4.69) is 67.3 Å². The minimum atomic E-state index is 0.622. The van der Waals surface area contributed by atoms with E-state index in [0.717, 1.165) is 25.6 Å². The summed E-state index contributed by atoms with van der Waals surface area (Å²) in [4.78, 5) is 4.67. The molecule has 106 valence electrons. The highest BCUT2D eigenvalue weighted by Gasteiger charge is 2.20. The van der Waals surface area contributed by atoms with Crippen molar-refractivity contribution in [2.75, 3.05) is 43.5 Å². The molecule has 0 spiro atoms. The van der Waals surface area contributed by atoms with Crippen LogP contribution in [0.3, 0.4) is 0 Å². The Hall–Kier alpha value is -1.22. The number of hydrogen-bond acceptors (Lipinski definition) is 3. The zero-order chi connectivity index (χ0) is 13.8. The lowest BCUT2D eigenvalue weighted by molar-refractivity contribution is 0.388. The predicted molar refractivity (Wildman–Crippen MR) is 84.2 cm³/mol. The molecule has 1 aromatic carbocycles. The summed E-state index contributed by atoms with van der Waals surface area (Å²) in [6.45, 7) is 7.91. The number of anilines is 2. The molecule has 0 bridgehead atoms. The third-order valence-corrected chi connectivity index (χ3v) is 3.72. The molecule has 1 aromatic rings. The third kappa shape index (κ3) is 3.87. The molecule has 1 saturated heterocycles. The van der Waals surface area contributed by atoms with Gasteiger partial charge in [0.05, 0.1) is 0 Å². The SMILES string of the molecule is CC(C)CC1CN(c2cccc(N(C)C)c2)CCN1. The van der Waals surface area contributed by atoms with Crippen LogP contribution in [0.5, 0.6) is 0 Å². The van der Waals surface area contributed by atoms with E-state index >= 15 is 0 Å². The fourth-order valence-electron chi connectivity index (χ4n) is 2.75. The first-order valence-corrected chi connectivity index (χ1v) is 7.32. The van der Waals surface area contributed by atoms with Gasteiger partial charge in [0.2, 0.25) is 0 Å². The lowest BCUT2D eigenvalue weighted by Gasteiger charge is -2.36. The van der Waals surface area contributed by atoms with Gasteiger partial charge < -0.3 is 15.1 Å². The molecule has 1 heterocycles. The van der Waals surface area contributed by atoms with Crippen molar-refractivity contribution >= 4 is 11.4 Å². The van der Waals surface area contributed by atoms with Gasteiger partial charge in [0.15, 0.2) is 0 Å². The Morgan fingerprint density at radius 3 is 2.84 bits per heavy atom. The van der Waals surface area contributed by atoms with Crippen molar-refractivity contribution in [1.82, 2.24) is 5.32 Å². The maximum Gasteiger partial charge on any atom is 0.0387 e. The molecule has 0 radical (unpaired) electrons. The van der Waals surface area contributed by atoms with Crippen LogP contribution >= 0.6 is 0 Å². The summed E-state index contributed by atoms with van der Waals surface area (Å²) in [7, 11) is 4.19. The van der Waals surface area contributed by atoms with Gasteiger partial charge in [-0.3, -0.25) is 0 Å². The first kappa shape index (κ1) is 14.2. The molecular formula is C16H27N3. The van der Waals surface area contributed by atoms with Crippen molar-refractivity contribution in [1.29, 1.82) is 0 Å². The van der Waals surface area contributed by atoms with E-state index in [-0.39, 0.29) is 0 Å². The molecule has 3 heteroatoms. The maximum atomic E-state index is 3.64. The first-order valence-electron chi connectivity index (χ1n) is 7.32. The van der Waals surface area contributed by atoms with Crippen molar-refractivity contribution < 1.29 is 0 Å². The average Bonchev–Trinajstić information content (AvgIpc) is 2.38. The van der Waals surface area contributed by atoms with Crippen LogP contribution in [0.1, 0.15) is 20.3 Å². The topological polar surface area (TPSA) is 18.5 Å². The molecule has 1 aliphatic heterocycles. The number of nitrogens with one attached hydrogen (secondary N) is 1. The zero-order valence-corrected chi connectivity index (χ0v) is 12.7. The summed E-state index contributed by atoms with van der Waals surface area (Å²) in [6.07, 6.45) is 1.25. The van der Waals surface area contributed by atoms with E-state index in [4.69, 9.17) is 0 Å². The van der Waals surface area contributed by atoms with Gasteiger partial charge in [0, 0.05) is 51.1 Å². The molecule has 19 heavy (non-hydrogen) atoms. The fourth-order valence-corrected chi connectivity index (χ4v) is 2.75. The Balaban J connectivity index is 2.06. The molecule has 1 aliphatic rings. The van der Waals surface area contributed by atoms with E-state index < -0.39 is 0 Å². The second-order valence-electron chi connectivity index (χ2n) is 6.14. The van der Waals surface area contributed by atoms with Crippen LogP contribution in [0.15, 0.2) is 24.3 Å². The Morgan fingerprint density at radius 2 is 2.16 bits per heavy atom. The van der Waals surface area contributed by atoms with Crippen LogP contribution in [0, 0.1) is 5.92 Å². The van der Waals surface area contributed by atoms with Crippen LogP contribution < -0.4 is 15.1 Å². The number of benzene rings is 1. The summed E-state index contributed by atoms with van der Waals surface area (Å²) in [5, 5.41) is 3.64. The molecule has 1 atom stereocenters. The summed E-state index contributed by atoms with van der Waals surface area (Å²) >= 11 is 0. The van der Waals surface area contributed by atoms with Crippen LogP contribution in [0.25, 0.3) is 0 Å². The molecule has 2 rings (SSSR count). The minimum absolute atomic E-state index is 0.622. The highest BCUT2D eigenvalue weighted by atomic mass is 15.2. The Morgan fingerprint density at radius 1 is 1.37 bits per heavy atom. The van der Waals surface area contributed by atoms with Gasteiger partial charge in [-0.15, -0.1) is 0 Å². The molecule has 3 nitrogen and oxygen atoms in total. The highest BCUT2D eigenvalue weighted by molar-refractivity contribution is 5.59. The Labute approximate surface area is 117 Å². The van der Waals surface area contributed by atoms with E-state index in [0.29, 0.717) is 6.04 Å². The van der Waals surface area contributed by atoms with Gasteiger partial charge in [0.25, 0.3) is 0 Å². The lowest BCUT2D eigenvalue weighted by atomic mass is 10.0.